The van der Waals surface area contributed by atoms with Crippen molar-refractivity contribution in [2.75, 3.05) is 48.6 Å². The minimum atomic E-state index is -2.21. The second-order valence-corrected chi connectivity index (χ2v) is 12.3. The summed E-state index contributed by atoms with van der Waals surface area (Å²) < 4.78 is 41.3. The molecule has 0 radical (unpaired) electrons. The quantitative estimate of drug-likeness (QED) is 0.247. The van der Waals surface area contributed by atoms with E-state index >= 15 is 0 Å². The molecule has 4 N–H and O–H groups in total. The lowest BCUT2D eigenvalue weighted by Gasteiger charge is -2.41. The highest BCUT2D eigenvalue weighted by Gasteiger charge is 2.78. The van der Waals surface area contributed by atoms with Crippen LogP contribution in [0.2, 0.25) is 0 Å². The number of methoxy groups -OCH3 is 3. The number of ether oxygens (including phenoxy) is 7. The average molecular weight is 668 g/mol. The molecule has 1 amide bonds. The molecule has 1 saturated carbocycles. The van der Waals surface area contributed by atoms with Crippen molar-refractivity contribution in [1.29, 1.82) is 0 Å². The van der Waals surface area contributed by atoms with Crippen LogP contribution in [0.3, 0.4) is 0 Å². The van der Waals surface area contributed by atoms with Crippen LogP contribution in [0.15, 0.2) is 66.7 Å². The molecule has 6 rings (SSSR count). The van der Waals surface area contributed by atoms with E-state index in [0.29, 0.717) is 16.9 Å². The Morgan fingerprint density at radius 3 is 2.31 bits per heavy atom. The molecular formula is C35H41NO12. The molecule has 258 valence electrons. The van der Waals surface area contributed by atoms with Gasteiger partial charge in [-0.25, -0.2) is 0 Å². The molecule has 48 heavy (non-hydrogen) atoms. The number of benzene rings is 3. The van der Waals surface area contributed by atoms with Gasteiger partial charge in [-0.15, -0.1) is 0 Å². The van der Waals surface area contributed by atoms with Crippen molar-refractivity contribution in [2.45, 2.75) is 48.0 Å². The molecule has 2 fully saturated rings. The van der Waals surface area contributed by atoms with E-state index in [-0.39, 0.29) is 29.4 Å². The van der Waals surface area contributed by atoms with Gasteiger partial charge in [0.05, 0.1) is 38.9 Å². The van der Waals surface area contributed by atoms with Crippen LogP contribution in [0.5, 0.6) is 23.0 Å². The summed E-state index contributed by atoms with van der Waals surface area (Å²) in [6, 6.07) is 19.1. The van der Waals surface area contributed by atoms with Crippen LogP contribution in [0, 0.1) is 5.92 Å². The summed E-state index contributed by atoms with van der Waals surface area (Å²) in [5, 5.41) is 45.0. The zero-order chi connectivity index (χ0) is 34.4. The Hall–Kier alpha value is -3.95. The van der Waals surface area contributed by atoms with Gasteiger partial charge in [0, 0.05) is 39.3 Å². The molecule has 0 unspecified atom stereocenters. The van der Waals surface area contributed by atoms with Gasteiger partial charge in [0.2, 0.25) is 12.2 Å². The molecule has 0 spiro atoms. The third-order valence-electron chi connectivity index (χ3n) is 9.50. The third kappa shape index (κ3) is 5.17. The van der Waals surface area contributed by atoms with Crippen LogP contribution in [-0.2, 0) is 30.2 Å². The molecule has 3 aromatic carbocycles. The monoisotopic (exact) mass is 667 g/mol. The molecule has 13 heteroatoms. The van der Waals surface area contributed by atoms with E-state index in [2.05, 4.69) is 0 Å². The van der Waals surface area contributed by atoms with Gasteiger partial charge in [-0.1, -0.05) is 42.5 Å². The molecule has 0 bridgehead atoms. The Morgan fingerprint density at radius 1 is 1.00 bits per heavy atom. The number of amides is 1. The van der Waals surface area contributed by atoms with E-state index in [1.165, 1.54) is 38.4 Å². The Labute approximate surface area is 278 Å². The summed E-state index contributed by atoms with van der Waals surface area (Å²) in [7, 11) is 7.55. The van der Waals surface area contributed by atoms with Gasteiger partial charge >= 0.3 is 0 Å². The first-order chi connectivity index (χ1) is 23.0. The predicted octanol–water partition coefficient (Wildman–Crippen LogP) is 1.49. The molecule has 3 aliphatic rings. The lowest BCUT2D eigenvalue weighted by atomic mass is 9.70. The fourth-order valence-corrected chi connectivity index (χ4v) is 7.29. The molecule has 2 heterocycles. The Balaban J connectivity index is 1.53. The molecule has 3 aromatic rings. The number of carbonyl (C=O) groups excluding carboxylic acids is 1. The van der Waals surface area contributed by atoms with E-state index in [1.807, 2.05) is 30.3 Å². The van der Waals surface area contributed by atoms with E-state index in [0.717, 1.165) is 0 Å². The summed E-state index contributed by atoms with van der Waals surface area (Å²) in [5.74, 6) is -1.44. The van der Waals surface area contributed by atoms with E-state index < -0.39 is 66.4 Å². The van der Waals surface area contributed by atoms with Gasteiger partial charge in [-0.3, -0.25) is 4.79 Å². The zero-order valence-corrected chi connectivity index (χ0v) is 27.3. The maximum absolute atomic E-state index is 13.9. The highest BCUT2D eigenvalue weighted by Crippen LogP contribution is 2.70. The van der Waals surface area contributed by atoms with Crippen LogP contribution in [-0.4, -0.2) is 111 Å². The van der Waals surface area contributed by atoms with Crippen molar-refractivity contribution >= 4 is 5.91 Å². The number of hydrogen-bond donors (Lipinski definition) is 4. The molecule has 2 aliphatic heterocycles. The van der Waals surface area contributed by atoms with Crippen LogP contribution >= 0.6 is 0 Å². The molecule has 13 nitrogen and oxygen atoms in total. The number of carbonyl (C=O) groups is 1. The smallest absolute Gasteiger partial charge is 0.251 e. The molecule has 1 aliphatic carbocycles. The largest absolute Gasteiger partial charge is 0.497 e. The second kappa shape index (κ2) is 13.2. The first-order valence-corrected chi connectivity index (χ1v) is 15.5. The number of hydrogen-bond acceptors (Lipinski definition) is 12. The van der Waals surface area contributed by atoms with Gasteiger partial charge in [-0.2, -0.15) is 0 Å². The van der Waals surface area contributed by atoms with Crippen molar-refractivity contribution in [2.24, 2.45) is 5.92 Å². The van der Waals surface area contributed by atoms with Crippen molar-refractivity contribution in [3.8, 4) is 23.0 Å². The molecule has 0 aromatic heterocycles. The van der Waals surface area contributed by atoms with Gasteiger partial charge < -0.3 is 58.5 Å². The summed E-state index contributed by atoms with van der Waals surface area (Å²) in [5.41, 5.74) is -2.68. The van der Waals surface area contributed by atoms with E-state index in [4.69, 9.17) is 33.2 Å². The maximum Gasteiger partial charge on any atom is 0.251 e. The van der Waals surface area contributed by atoms with Gasteiger partial charge in [0.25, 0.3) is 6.29 Å². The van der Waals surface area contributed by atoms with E-state index in [9.17, 15) is 25.2 Å². The Bertz CT molecular complexity index is 1600. The summed E-state index contributed by atoms with van der Waals surface area (Å²) >= 11 is 0. The number of nitrogens with zero attached hydrogens (tertiary/aromatic N) is 1. The first kappa shape index (κ1) is 33.9. The van der Waals surface area contributed by atoms with Crippen LogP contribution in [0.4, 0.5) is 0 Å². The predicted molar refractivity (Wildman–Crippen MR) is 169 cm³/mol. The second-order valence-electron chi connectivity index (χ2n) is 12.3. The number of rotatable bonds is 10. The summed E-state index contributed by atoms with van der Waals surface area (Å²) in [6.07, 6.45) is -5.94. The van der Waals surface area contributed by atoms with Crippen LogP contribution in [0.1, 0.15) is 22.6 Å². The highest BCUT2D eigenvalue weighted by molar-refractivity contribution is 5.83. The third-order valence-corrected chi connectivity index (χ3v) is 9.50. The maximum atomic E-state index is 13.9. The van der Waals surface area contributed by atoms with Gasteiger partial charge in [-0.05, 0) is 23.3 Å². The fraction of sp³-hybridized carbons (Fsp3) is 0.457. The van der Waals surface area contributed by atoms with Gasteiger partial charge in [0.15, 0.2) is 11.2 Å². The van der Waals surface area contributed by atoms with Crippen molar-refractivity contribution in [3.63, 3.8) is 0 Å². The van der Waals surface area contributed by atoms with Gasteiger partial charge in [0.1, 0.15) is 41.3 Å². The highest BCUT2D eigenvalue weighted by atomic mass is 16.8. The number of aliphatic hydroxyl groups excluding tert-OH is 3. The standard InChI is InChI=1S/C35H41NO12/c1-36(2)31(40)27-28(19-9-7-6-8-10-19)35(20-11-13-21(42-3)14-12-20)34(41,30(27)39)29-24(43-4)15-22(16-25(29)48-35)46-33-32(44-5)45-18-26(47-33)23(38)17-37/h6-16,23,26-28,30,32-33,37-39,41H,17-18H2,1-5H3/t23-,26-,27-,28-,30-,32+,33-,34+,35+/m1/s1. The first-order valence-electron chi connectivity index (χ1n) is 15.5. The lowest BCUT2D eigenvalue weighted by Crippen LogP contribution is -2.52. The summed E-state index contributed by atoms with van der Waals surface area (Å²) in [6.45, 7) is -0.590. The normalized spacial score (nSPS) is 31.3. The number of fused-ring (bicyclic) bond motifs is 3. The van der Waals surface area contributed by atoms with Crippen molar-refractivity contribution < 1.29 is 58.4 Å². The topological polar surface area (TPSA) is 166 Å². The SMILES string of the molecule is COc1ccc([C@@]23Oc4cc(O[C@@H]5O[C@@H]([C@H](O)CO)CO[C@@H]5OC)cc(OC)c4[C@]2(O)[C@H](O)[C@H](C(=O)N(C)C)[C@H]3c2ccccc2)cc1. The molecular weight excluding hydrogens is 626 g/mol. The van der Waals surface area contributed by atoms with Crippen molar-refractivity contribution in [1.82, 2.24) is 4.90 Å². The zero-order valence-electron chi connectivity index (χ0n) is 27.3. The Morgan fingerprint density at radius 2 is 1.71 bits per heavy atom. The van der Waals surface area contributed by atoms with Crippen LogP contribution in [0.25, 0.3) is 0 Å². The van der Waals surface area contributed by atoms with E-state index in [1.54, 1.807) is 38.4 Å². The molecule has 1 saturated heterocycles. The minimum Gasteiger partial charge on any atom is -0.497 e. The molecule has 9 atom stereocenters. The minimum absolute atomic E-state index is 0.0419. The summed E-state index contributed by atoms with van der Waals surface area (Å²) in [4.78, 5) is 15.3. The average Bonchev–Trinajstić information content (AvgIpc) is 3.49. The van der Waals surface area contributed by atoms with Crippen molar-refractivity contribution in [3.05, 3.63) is 83.4 Å². The Kier molecular flexibility index (Phi) is 9.30. The number of aliphatic hydroxyl groups is 4. The fourth-order valence-electron chi connectivity index (χ4n) is 7.29. The van der Waals surface area contributed by atoms with Crippen LogP contribution < -0.4 is 18.9 Å². The lowest BCUT2D eigenvalue weighted by molar-refractivity contribution is -0.324.